The maximum absolute atomic E-state index is 3.22. The van der Waals surface area contributed by atoms with Crippen molar-refractivity contribution in [1.82, 2.24) is 0 Å². The third kappa shape index (κ3) is 2.74. The molecule has 1 atom stereocenters. The fourth-order valence-electron chi connectivity index (χ4n) is 1.12. The molecule has 0 fully saturated rings. The molecule has 2 heteroatoms. The molecule has 0 amide bonds. The van der Waals surface area contributed by atoms with Gasteiger partial charge in [0.15, 0.2) is 0 Å². The van der Waals surface area contributed by atoms with Crippen molar-refractivity contribution in [2.45, 2.75) is 0 Å². The van der Waals surface area contributed by atoms with Gasteiger partial charge in [-0.1, -0.05) is 12.1 Å². The summed E-state index contributed by atoms with van der Waals surface area (Å²) in [5.74, 6) is 2.19. The number of hydrogen-bond donors (Lipinski definition) is 0. The Labute approximate surface area is 93.5 Å². The monoisotopic (exact) mass is 365 g/mol. The van der Waals surface area contributed by atoms with E-state index in [9.17, 15) is 0 Å². The molecule has 0 aliphatic rings. The standard InChI is InChI=1S/C11H8P.Ir/c1-2-6-10(7-3-1)11-8-4-5-9-12-11;/h1-6,8-9H;/q-1;/p+1. The molecule has 0 spiro atoms. The molecule has 67 valence electrons. The van der Waals surface area contributed by atoms with E-state index in [-0.39, 0.29) is 20.1 Å². The van der Waals surface area contributed by atoms with Crippen LogP contribution in [0.15, 0.2) is 48.3 Å². The molecule has 0 aliphatic heterocycles. The number of hydrogen-bond acceptors (Lipinski definition) is 0. The predicted molar refractivity (Wildman–Crippen MR) is 54.6 cm³/mol. The fraction of sp³-hybridized carbons (Fsp3) is 0. The minimum atomic E-state index is 0. The average Bonchev–Trinajstić information content (AvgIpc) is 2.21. The van der Waals surface area contributed by atoms with E-state index in [0.29, 0.717) is 0 Å². The molecular formula is C11H9IrP. The predicted octanol–water partition coefficient (Wildman–Crippen LogP) is 3.46. The van der Waals surface area contributed by atoms with Crippen LogP contribution in [-0.4, -0.2) is 0 Å². The minimum Gasteiger partial charge on any atom is -0.147 e. The molecule has 2 aromatic rings. The van der Waals surface area contributed by atoms with Gasteiger partial charge in [0.05, 0.1) is 13.5 Å². The van der Waals surface area contributed by atoms with Gasteiger partial charge >= 0.3 is 0 Å². The van der Waals surface area contributed by atoms with Crippen LogP contribution in [0.2, 0.25) is 0 Å². The molecular weight excluding hydrogens is 355 g/mol. The Morgan fingerprint density at radius 2 is 1.85 bits per heavy atom. The van der Waals surface area contributed by atoms with Crippen molar-refractivity contribution in [1.29, 1.82) is 0 Å². The Morgan fingerprint density at radius 1 is 1.00 bits per heavy atom. The third-order valence-corrected chi connectivity index (χ3v) is 2.81. The maximum atomic E-state index is 3.22. The molecule has 0 aliphatic carbocycles. The summed E-state index contributed by atoms with van der Waals surface area (Å²) in [7, 11) is 0.788. The second-order valence-corrected chi connectivity index (χ2v) is 3.71. The Hall–Kier alpha value is -0.481. The summed E-state index contributed by atoms with van der Waals surface area (Å²) < 4.78 is 0. The van der Waals surface area contributed by atoms with Crippen LogP contribution in [0.4, 0.5) is 0 Å². The fourth-order valence-corrected chi connectivity index (χ4v) is 2.01. The molecule has 1 aromatic carbocycles. The summed E-state index contributed by atoms with van der Waals surface area (Å²) in [5, 5.41) is 1.37. The van der Waals surface area contributed by atoms with E-state index in [1.807, 2.05) is 12.1 Å². The van der Waals surface area contributed by atoms with Crippen LogP contribution in [0.3, 0.4) is 0 Å². The molecule has 0 nitrogen and oxygen atoms in total. The minimum absolute atomic E-state index is 0. The van der Waals surface area contributed by atoms with Crippen molar-refractivity contribution < 1.29 is 20.1 Å². The van der Waals surface area contributed by atoms with Gasteiger partial charge in [-0.3, -0.25) is 0 Å². The molecule has 1 aromatic heterocycles. The molecule has 1 unspecified atom stereocenters. The second kappa shape index (κ2) is 5.29. The molecule has 0 saturated carbocycles. The van der Waals surface area contributed by atoms with Gasteiger partial charge in [-0.2, -0.15) is 0 Å². The van der Waals surface area contributed by atoms with E-state index in [4.69, 9.17) is 0 Å². The summed E-state index contributed by atoms with van der Waals surface area (Å²) in [6.07, 6.45) is 0. The summed E-state index contributed by atoms with van der Waals surface area (Å²) in [4.78, 5) is 0. The second-order valence-electron chi connectivity index (χ2n) is 2.55. The van der Waals surface area contributed by atoms with Gasteiger partial charge in [0, 0.05) is 20.1 Å². The van der Waals surface area contributed by atoms with Crippen molar-refractivity contribution >= 4 is 8.19 Å². The summed E-state index contributed by atoms with van der Waals surface area (Å²) in [6, 6.07) is 17.7. The molecule has 2 rings (SSSR count). The van der Waals surface area contributed by atoms with Gasteiger partial charge in [0.2, 0.25) is 0 Å². The van der Waals surface area contributed by atoms with E-state index in [1.54, 1.807) is 0 Å². The topological polar surface area (TPSA) is 0 Å². The van der Waals surface area contributed by atoms with E-state index in [1.165, 1.54) is 10.9 Å². The first-order valence-electron chi connectivity index (χ1n) is 3.90. The smallest absolute Gasteiger partial charge is 0.102 e. The Bertz CT molecular complexity index is 307. The van der Waals surface area contributed by atoms with E-state index in [2.05, 4.69) is 42.2 Å². The van der Waals surface area contributed by atoms with Crippen LogP contribution in [0, 0.1) is 6.07 Å². The van der Waals surface area contributed by atoms with Crippen molar-refractivity contribution in [3.8, 4) is 10.9 Å². The first-order valence-corrected chi connectivity index (χ1v) is 4.98. The SMILES string of the molecule is [Ir].[c-]1ccccc1-c1cccc[pH+]1. The summed E-state index contributed by atoms with van der Waals surface area (Å²) >= 11 is 0. The molecule has 1 heterocycles. The Balaban J connectivity index is 0.000000845. The molecule has 13 heavy (non-hydrogen) atoms. The first-order chi connectivity index (χ1) is 5.97. The Kier molecular flexibility index (Phi) is 4.32. The largest absolute Gasteiger partial charge is 0.147 e. The van der Waals surface area contributed by atoms with Gasteiger partial charge in [-0.25, -0.2) is 0 Å². The van der Waals surface area contributed by atoms with E-state index < -0.39 is 0 Å². The van der Waals surface area contributed by atoms with Crippen LogP contribution in [0.5, 0.6) is 0 Å². The normalized spacial score (nSPS) is 9.54. The van der Waals surface area contributed by atoms with Gasteiger partial charge in [0.25, 0.3) is 0 Å². The zero-order chi connectivity index (χ0) is 8.23. The number of benzene rings is 1. The van der Waals surface area contributed by atoms with Crippen LogP contribution in [0.25, 0.3) is 10.9 Å². The van der Waals surface area contributed by atoms with Crippen LogP contribution in [0.1, 0.15) is 0 Å². The van der Waals surface area contributed by atoms with Crippen LogP contribution in [-0.2, 0) is 20.1 Å². The molecule has 1 radical (unpaired) electrons. The molecule has 0 N–H and O–H groups in total. The third-order valence-electron chi connectivity index (χ3n) is 1.71. The number of rotatable bonds is 1. The quantitative estimate of drug-likeness (QED) is 0.680. The van der Waals surface area contributed by atoms with Crippen molar-refractivity contribution in [3.63, 3.8) is 0 Å². The van der Waals surface area contributed by atoms with Gasteiger partial charge < -0.3 is 0 Å². The first kappa shape index (κ1) is 10.6. The zero-order valence-electron chi connectivity index (χ0n) is 6.95. The Morgan fingerprint density at radius 3 is 2.46 bits per heavy atom. The van der Waals surface area contributed by atoms with Crippen LogP contribution < -0.4 is 0 Å². The summed E-state index contributed by atoms with van der Waals surface area (Å²) in [5.41, 5.74) is 1.22. The van der Waals surface area contributed by atoms with E-state index >= 15 is 0 Å². The maximum Gasteiger partial charge on any atom is 0.102 e. The van der Waals surface area contributed by atoms with Gasteiger partial charge in [0.1, 0.15) is 5.80 Å². The molecule has 0 saturated heterocycles. The zero-order valence-corrected chi connectivity index (χ0v) is 10.3. The van der Waals surface area contributed by atoms with Crippen LogP contribution >= 0.6 is 8.19 Å². The van der Waals surface area contributed by atoms with Crippen molar-refractivity contribution in [2.75, 3.05) is 0 Å². The van der Waals surface area contributed by atoms with Crippen molar-refractivity contribution in [2.24, 2.45) is 0 Å². The van der Waals surface area contributed by atoms with Gasteiger partial charge in [-0.05, 0) is 6.07 Å². The van der Waals surface area contributed by atoms with Gasteiger partial charge in [-0.15, -0.1) is 35.9 Å². The average molecular weight is 364 g/mol. The van der Waals surface area contributed by atoms with Crippen molar-refractivity contribution in [3.05, 3.63) is 54.3 Å². The molecule has 0 bridgehead atoms. The van der Waals surface area contributed by atoms with E-state index in [0.717, 1.165) is 8.19 Å². The summed E-state index contributed by atoms with van der Waals surface area (Å²) in [6.45, 7) is 0.